The van der Waals surface area contributed by atoms with E-state index in [0.717, 1.165) is 31.3 Å². The smallest absolute Gasteiger partial charge is 0.264 e. The second-order valence-electron chi connectivity index (χ2n) is 11.0. The highest BCUT2D eigenvalue weighted by molar-refractivity contribution is 7.85. The van der Waals surface area contributed by atoms with Crippen molar-refractivity contribution in [3.63, 3.8) is 0 Å². The Morgan fingerprint density at radius 3 is 1.71 bits per heavy atom. The summed E-state index contributed by atoms with van der Waals surface area (Å²) < 4.78 is 39.3. The minimum absolute atomic E-state index is 0.00589. The molecule has 1 aromatic rings. The molecule has 0 aliphatic heterocycles. The number of unbranched alkanes of at least 4 members (excludes halogenated alkanes) is 15. The first-order chi connectivity index (χ1) is 18.3. The molecule has 0 heterocycles. The minimum Gasteiger partial charge on any atom is -0.491 e. The van der Waals surface area contributed by atoms with Crippen molar-refractivity contribution in [2.24, 2.45) is 0 Å². The standard InChI is InChI=1S/C32H58O5S/c1-5-7-9-11-12-13-14-15-16-17-18-19-21-23-30-26-31(35-24-25-36-38(4,33)34)28-32(27-30)37-29(3)22-20-10-8-6-2/h26-29H,5-25H2,1-4H3. The summed E-state index contributed by atoms with van der Waals surface area (Å²) >= 11 is 0. The van der Waals surface area contributed by atoms with E-state index in [1.807, 2.05) is 6.07 Å². The van der Waals surface area contributed by atoms with Crippen LogP contribution in [0, 0.1) is 0 Å². The van der Waals surface area contributed by atoms with Gasteiger partial charge in [-0.1, -0.05) is 110 Å². The molecule has 0 saturated heterocycles. The van der Waals surface area contributed by atoms with E-state index in [2.05, 4.69) is 32.9 Å². The number of hydrogen-bond donors (Lipinski definition) is 0. The molecule has 0 fully saturated rings. The topological polar surface area (TPSA) is 61.8 Å². The summed E-state index contributed by atoms with van der Waals surface area (Å²) in [5.74, 6) is 1.54. The summed E-state index contributed by atoms with van der Waals surface area (Å²) in [5, 5.41) is 0. The molecule has 0 aliphatic rings. The third kappa shape index (κ3) is 20.7. The highest BCUT2D eigenvalue weighted by atomic mass is 32.2. The molecule has 0 aliphatic carbocycles. The maximum atomic E-state index is 11.2. The second-order valence-corrected chi connectivity index (χ2v) is 12.6. The molecule has 38 heavy (non-hydrogen) atoms. The number of hydrogen-bond acceptors (Lipinski definition) is 5. The van der Waals surface area contributed by atoms with Gasteiger partial charge in [0.25, 0.3) is 10.1 Å². The number of benzene rings is 1. The molecule has 0 radical (unpaired) electrons. The van der Waals surface area contributed by atoms with Crippen LogP contribution in [0.5, 0.6) is 11.5 Å². The first-order valence-electron chi connectivity index (χ1n) is 15.6. The monoisotopic (exact) mass is 554 g/mol. The van der Waals surface area contributed by atoms with E-state index in [9.17, 15) is 8.42 Å². The predicted octanol–water partition coefficient (Wildman–Crippen LogP) is 9.41. The molecule has 222 valence electrons. The van der Waals surface area contributed by atoms with Gasteiger partial charge in [-0.3, -0.25) is 4.18 Å². The van der Waals surface area contributed by atoms with E-state index in [1.54, 1.807) is 0 Å². The van der Waals surface area contributed by atoms with Crippen molar-refractivity contribution in [1.29, 1.82) is 0 Å². The van der Waals surface area contributed by atoms with Gasteiger partial charge in [0.15, 0.2) is 0 Å². The summed E-state index contributed by atoms with van der Waals surface area (Å²) in [6.07, 6.45) is 25.7. The Balaban J connectivity index is 2.42. The molecule has 1 unspecified atom stereocenters. The minimum atomic E-state index is -3.46. The van der Waals surface area contributed by atoms with Crippen LogP contribution in [0.2, 0.25) is 0 Å². The summed E-state index contributed by atoms with van der Waals surface area (Å²) in [6, 6.07) is 6.11. The summed E-state index contributed by atoms with van der Waals surface area (Å²) in [5.41, 5.74) is 1.21. The van der Waals surface area contributed by atoms with Gasteiger partial charge in [0.05, 0.1) is 12.4 Å². The molecule has 5 nitrogen and oxygen atoms in total. The van der Waals surface area contributed by atoms with Gasteiger partial charge in [-0.15, -0.1) is 0 Å². The largest absolute Gasteiger partial charge is 0.491 e. The highest BCUT2D eigenvalue weighted by Crippen LogP contribution is 2.26. The van der Waals surface area contributed by atoms with Crippen molar-refractivity contribution in [3.05, 3.63) is 23.8 Å². The van der Waals surface area contributed by atoms with Crippen LogP contribution in [0.25, 0.3) is 0 Å². The van der Waals surface area contributed by atoms with Crippen molar-refractivity contribution in [1.82, 2.24) is 0 Å². The SMILES string of the molecule is CCCCCCCCCCCCCCCc1cc(OCCOS(C)(=O)=O)cc(OC(C)CCCCCC)c1. The van der Waals surface area contributed by atoms with E-state index >= 15 is 0 Å². The van der Waals surface area contributed by atoms with Crippen LogP contribution < -0.4 is 9.47 Å². The molecular weight excluding hydrogens is 496 g/mol. The Kier molecular flexibility index (Phi) is 20.6. The number of ether oxygens (including phenoxy) is 2. The van der Waals surface area contributed by atoms with Crippen LogP contribution >= 0.6 is 0 Å². The van der Waals surface area contributed by atoms with E-state index in [4.69, 9.17) is 13.7 Å². The third-order valence-corrected chi connectivity index (χ3v) is 7.55. The average molecular weight is 555 g/mol. The van der Waals surface area contributed by atoms with Gasteiger partial charge in [-0.05, 0) is 50.3 Å². The molecule has 0 aromatic heterocycles. The van der Waals surface area contributed by atoms with Crippen molar-refractivity contribution in [2.75, 3.05) is 19.5 Å². The van der Waals surface area contributed by atoms with Crippen LogP contribution in [0.3, 0.4) is 0 Å². The lowest BCUT2D eigenvalue weighted by Crippen LogP contribution is -2.13. The predicted molar refractivity (Wildman–Crippen MR) is 161 cm³/mol. The Bertz CT molecular complexity index is 793. The van der Waals surface area contributed by atoms with E-state index < -0.39 is 10.1 Å². The first-order valence-corrected chi connectivity index (χ1v) is 17.4. The van der Waals surface area contributed by atoms with Gasteiger partial charge >= 0.3 is 0 Å². The summed E-state index contributed by atoms with van der Waals surface area (Å²) in [7, 11) is -3.46. The van der Waals surface area contributed by atoms with Gasteiger partial charge < -0.3 is 9.47 Å². The van der Waals surface area contributed by atoms with Crippen molar-refractivity contribution in [3.8, 4) is 11.5 Å². The molecule has 0 N–H and O–H groups in total. The zero-order chi connectivity index (χ0) is 27.9. The zero-order valence-corrected chi connectivity index (χ0v) is 25.9. The maximum Gasteiger partial charge on any atom is 0.264 e. The number of aryl methyl sites for hydroxylation is 1. The van der Waals surface area contributed by atoms with Crippen molar-refractivity contribution >= 4 is 10.1 Å². The van der Waals surface area contributed by atoms with Crippen LogP contribution in [-0.2, 0) is 20.7 Å². The van der Waals surface area contributed by atoms with Gasteiger partial charge in [0.2, 0.25) is 0 Å². The summed E-state index contributed by atoms with van der Waals surface area (Å²) in [6.45, 7) is 6.82. The van der Waals surface area contributed by atoms with E-state index in [0.29, 0.717) is 5.75 Å². The first kappa shape index (κ1) is 34.8. The molecule has 0 spiro atoms. The molecule has 0 bridgehead atoms. The maximum absolute atomic E-state index is 11.2. The second kappa shape index (κ2) is 22.5. The van der Waals surface area contributed by atoms with Gasteiger partial charge in [0.1, 0.15) is 24.7 Å². The highest BCUT2D eigenvalue weighted by Gasteiger charge is 2.09. The van der Waals surface area contributed by atoms with Crippen LogP contribution in [0.4, 0.5) is 0 Å². The van der Waals surface area contributed by atoms with Crippen molar-refractivity contribution < 1.29 is 22.1 Å². The fourth-order valence-corrected chi connectivity index (χ4v) is 5.14. The molecule has 1 aromatic carbocycles. The zero-order valence-electron chi connectivity index (χ0n) is 25.1. The van der Waals surface area contributed by atoms with Crippen molar-refractivity contribution in [2.45, 2.75) is 149 Å². The lowest BCUT2D eigenvalue weighted by Gasteiger charge is -2.17. The molecule has 0 amide bonds. The van der Waals surface area contributed by atoms with Gasteiger partial charge in [0, 0.05) is 6.07 Å². The lowest BCUT2D eigenvalue weighted by molar-refractivity contribution is 0.201. The Labute approximate surface area is 235 Å². The van der Waals surface area contributed by atoms with E-state index in [1.165, 1.54) is 108 Å². The average Bonchev–Trinajstić information content (AvgIpc) is 2.87. The molecular formula is C32H58O5S. The Morgan fingerprint density at radius 2 is 1.16 bits per heavy atom. The quantitative estimate of drug-likeness (QED) is 0.0843. The summed E-state index contributed by atoms with van der Waals surface area (Å²) in [4.78, 5) is 0. The normalized spacial score (nSPS) is 12.5. The number of rotatable bonds is 26. The molecule has 6 heteroatoms. The Hall–Kier alpha value is -1.27. The fourth-order valence-electron chi connectivity index (χ4n) is 4.77. The molecule has 1 atom stereocenters. The fraction of sp³-hybridized carbons (Fsp3) is 0.812. The van der Waals surface area contributed by atoms with Crippen LogP contribution in [-0.4, -0.2) is 34.0 Å². The lowest BCUT2D eigenvalue weighted by atomic mass is 10.0. The van der Waals surface area contributed by atoms with Gasteiger partial charge in [-0.2, -0.15) is 8.42 Å². The van der Waals surface area contributed by atoms with Gasteiger partial charge in [-0.25, -0.2) is 0 Å². The third-order valence-electron chi connectivity index (χ3n) is 6.96. The van der Waals surface area contributed by atoms with E-state index in [-0.39, 0.29) is 19.3 Å². The van der Waals surface area contributed by atoms with Crippen LogP contribution in [0.1, 0.15) is 142 Å². The molecule has 0 saturated carbocycles. The Morgan fingerprint density at radius 1 is 0.658 bits per heavy atom. The molecule has 1 rings (SSSR count). The van der Waals surface area contributed by atoms with Crippen LogP contribution in [0.15, 0.2) is 18.2 Å².